The number of nitrogens with zero attached hydrogens (tertiary/aromatic N) is 4. The van der Waals surface area contributed by atoms with Crippen molar-refractivity contribution >= 4 is 34.3 Å². The van der Waals surface area contributed by atoms with E-state index < -0.39 is 0 Å². The van der Waals surface area contributed by atoms with Crippen molar-refractivity contribution in [3.05, 3.63) is 65.5 Å². The highest BCUT2D eigenvalue weighted by Crippen LogP contribution is 2.37. The van der Waals surface area contributed by atoms with Crippen LogP contribution in [0.15, 0.2) is 54.1 Å². The van der Waals surface area contributed by atoms with E-state index in [4.69, 9.17) is 15.2 Å². The van der Waals surface area contributed by atoms with Crippen molar-refractivity contribution in [1.82, 2.24) is 15.0 Å². The molecule has 3 heterocycles. The maximum absolute atomic E-state index is 8.82. The number of allylic oxidation sites excluding steroid dienone is 1. The molecule has 1 aromatic carbocycles. The first-order chi connectivity index (χ1) is 13.3. The second kappa shape index (κ2) is 8.06. The van der Waals surface area contributed by atoms with Gasteiger partial charge in [0.25, 0.3) is 0 Å². The van der Waals surface area contributed by atoms with Crippen LogP contribution < -0.4 is 10.6 Å². The Bertz CT molecular complexity index is 1000. The minimum Gasteiger partial charge on any atom is -0.368 e. The molecule has 0 saturated heterocycles. The van der Waals surface area contributed by atoms with Crippen LogP contribution in [0.1, 0.15) is 23.1 Å². The molecule has 3 aromatic rings. The van der Waals surface area contributed by atoms with E-state index in [9.17, 15) is 0 Å². The SMILES string of the molecule is N#Cc1ccc(NCCNc2nc([C@@H]3CC=CS3)nc3ccccc23)nc1. The Kier molecular flexibility index (Phi) is 5.17. The number of para-hydroxylation sites is 1. The van der Waals surface area contributed by atoms with E-state index in [1.54, 1.807) is 30.1 Å². The monoisotopic (exact) mass is 374 g/mol. The number of hydrogen-bond acceptors (Lipinski definition) is 7. The van der Waals surface area contributed by atoms with Crippen LogP contribution in [0.4, 0.5) is 11.6 Å². The molecule has 0 aliphatic carbocycles. The lowest BCUT2D eigenvalue weighted by Crippen LogP contribution is -2.16. The first kappa shape index (κ1) is 17.3. The summed E-state index contributed by atoms with van der Waals surface area (Å²) in [6.45, 7) is 1.38. The quantitative estimate of drug-likeness (QED) is 0.628. The van der Waals surface area contributed by atoms with Gasteiger partial charge >= 0.3 is 0 Å². The van der Waals surface area contributed by atoms with Gasteiger partial charge in [-0.05, 0) is 36.1 Å². The molecule has 1 atom stereocenters. The van der Waals surface area contributed by atoms with E-state index in [1.165, 1.54) is 0 Å². The molecule has 6 nitrogen and oxygen atoms in total. The molecule has 0 bridgehead atoms. The van der Waals surface area contributed by atoms with E-state index in [0.29, 0.717) is 18.7 Å². The van der Waals surface area contributed by atoms with Gasteiger partial charge in [-0.15, -0.1) is 11.8 Å². The molecule has 1 aliphatic heterocycles. The van der Waals surface area contributed by atoms with Crippen molar-refractivity contribution in [3.8, 4) is 6.07 Å². The molecule has 134 valence electrons. The summed E-state index contributed by atoms with van der Waals surface area (Å²) in [4.78, 5) is 13.7. The Labute approximate surface area is 161 Å². The topological polar surface area (TPSA) is 86.5 Å². The van der Waals surface area contributed by atoms with Gasteiger partial charge in [-0.25, -0.2) is 15.0 Å². The van der Waals surface area contributed by atoms with Gasteiger partial charge in [-0.2, -0.15) is 5.26 Å². The van der Waals surface area contributed by atoms with Crippen molar-refractivity contribution in [2.75, 3.05) is 23.7 Å². The van der Waals surface area contributed by atoms with Crippen molar-refractivity contribution < 1.29 is 0 Å². The second-order valence-electron chi connectivity index (χ2n) is 6.08. The third-order valence-electron chi connectivity index (χ3n) is 4.21. The van der Waals surface area contributed by atoms with Gasteiger partial charge in [0.05, 0.1) is 16.3 Å². The number of rotatable bonds is 6. The number of aromatic nitrogens is 3. The predicted octanol–water partition coefficient (Wildman–Crippen LogP) is 4.11. The fourth-order valence-corrected chi connectivity index (χ4v) is 3.72. The van der Waals surface area contributed by atoms with Crippen LogP contribution in [-0.4, -0.2) is 28.0 Å². The van der Waals surface area contributed by atoms with Crippen LogP contribution in [0.5, 0.6) is 0 Å². The zero-order valence-electron chi connectivity index (χ0n) is 14.6. The maximum atomic E-state index is 8.82. The molecule has 0 unspecified atom stereocenters. The summed E-state index contributed by atoms with van der Waals surface area (Å²) in [6.07, 6.45) is 4.69. The third kappa shape index (κ3) is 4.01. The number of nitrogens with one attached hydrogen (secondary N) is 2. The van der Waals surface area contributed by atoms with Crippen LogP contribution in [0.2, 0.25) is 0 Å². The van der Waals surface area contributed by atoms with Crippen molar-refractivity contribution in [1.29, 1.82) is 5.26 Å². The van der Waals surface area contributed by atoms with Gasteiger partial charge in [0.15, 0.2) is 0 Å². The number of fused-ring (bicyclic) bond motifs is 1. The Hall–Kier alpha value is -3.11. The summed E-state index contributed by atoms with van der Waals surface area (Å²) in [5.41, 5.74) is 1.51. The fraction of sp³-hybridized carbons (Fsp3) is 0.200. The molecule has 4 rings (SSSR count). The van der Waals surface area contributed by atoms with Gasteiger partial charge in [0.1, 0.15) is 23.5 Å². The number of thioether (sulfide) groups is 1. The largest absolute Gasteiger partial charge is 0.368 e. The van der Waals surface area contributed by atoms with Crippen molar-refractivity contribution in [3.63, 3.8) is 0 Å². The van der Waals surface area contributed by atoms with Crippen LogP contribution in [0.3, 0.4) is 0 Å². The molecule has 27 heavy (non-hydrogen) atoms. The Morgan fingerprint density at radius 3 is 2.78 bits per heavy atom. The zero-order valence-corrected chi connectivity index (χ0v) is 15.4. The first-order valence-electron chi connectivity index (χ1n) is 8.74. The predicted molar refractivity (Wildman–Crippen MR) is 110 cm³/mol. The molecule has 0 fully saturated rings. The highest BCUT2D eigenvalue weighted by molar-refractivity contribution is 8.02. The van der Waals surface area contributed by atoms with Gasteiger partial charge in [0.2, 0.25) is 0 Å². The number of benzene rings is 1. The molecular formula is C20H18N6S. The molecule has 0 radical (unpaired) electrons. The van der Waals surface area contributed by atoms with Gasteiger partial charge < -0.3 is 10.6 Å². The minimum atomic E-state index is 0.288. The van der Waals surface area contributed by atoms with Crippen molar-refractivity contribution in [2.24, 2.45) is 0 Å². The summed E-state index contributed by atoms with van der Waals surface area (Å²) < 4.78 is 0. The molecule has 0 amide bonds. The normalized spacial score (nSPS) is 15.6. The summed E-state index contributed by atoms with van der Waals surface area (Å²) in [5, 5.41) is 18.9. The fourth-order valence-electron chi connectivity index (χ4n) is 2.86. The molecule has 2 N–H and O–H groups in total. The second-order valence-corrected chi connectivity index (χ2v) is 7.19. The summed E-state index contributed by atoms with van der Waals surface area (Å²) >= 11 is 1.76. The standard InChI is InChI=1S/C20H18N6S/c21-12-14-7-8-18(24-13-14)22-9-10-23-19-15-4-1-2-5-16(15)25-20(26-19)17-6-3-11-27-17/h1-5,7-8,11,13,17H,6,9-10H2,(H,22,24)(H,23,25,26)/t17-/m0/s1. The first-order valence-corrected chi connectivity index (χ1v) is 9.69. The lowest BCUT2D eigenvalue weighted by Gasteiger charge is -2.14. The Balaban J connectivity index is 1.45. The molecule has 7 heteroatoms. The summed E-state index contributed by atoms with van der Waals surface area (Å²) in [7, 11) is 0. The molecule has 0 saturated carbocycles. The summed E-state index contributed by atoms with van der Waals surface area (Å²) in [6, 6.07) is 13.7. The maximum Gasteiger partial charge on any atom is 0.145 e. The van der Waals surface area contributed by atoms with Crippen LogP contribution >= 0.6 is 11.8 Å². The van der Waals surface area contributed by atoms with Crippen LogP contribution in [-0.2, 0) is 0 Å². The van der Waals surface area contributed by atoms with E-state index in [-0.39, 0.29) is 5.25 Å². The lowest BCUT2D eigenvalue weighted by atomic mass is 10.2. The third-order valence-corrected chi connectivity index (χ3v) is 5.30. The number of nitriles is 1. The van der Waals surface area contributed by atoms with E-state index in [2.05, 4.69) is 33.2 Å². The molecule has 2 aromatic heterocycles. The van der Waals surface area contributed by atoms with Crippen LogP contribution in [0, 0.1) is 11.3 Å². The van der Waals surface area contributed by atoms with E-state index in [1.807, 2.05) is 24.3 Å². The number of pyridine rings is 1. The van der Waals surface area contributed by atoms with Crippen LogP contribution in [0.25, 0.3) is 10.9 Å². The highest BCUT2D eigenvalue weighted by atomic mass is 32.2. The minimum absolute atomic E-state index is 0.288. The molecule has 0 spiro atoms. The van der Waals surface area contributed by atoms with E-state index in [0.717, 1.165) is 34.8 Å². The van der Waals surface area contributed by atoms with E-state index >= 15 is 0 Å². The smallest absolute Gasteiger partial charge is 0.145 e. The number of anilines is 2. The molecular weight excluding hydrogens is 356 g/mol. The summed E-state index contributed by atoms with van der Waals surface area (Å²) in [5.74, 6) is 2.48. The van der Waals surface area contributed by atoms with Gasteiger partial charge in [-0.3, -0.25) is 0 Å². The molecule has 1 aliphatic rings. The Morgan fingerprint density at radius 2 is 2.00 bits per heavy atom. The zero-order chi connectivity index (χ0) is 18.5. The average molecular weight is 374 g/mol. The highest BCUT2D eigenvalue weighted by Gasteiger charge is 2.18. The van der Waals surface area contributed by atoms with Crippen molar-refractivity contribution in [2.45, 2.75) is 11.7 Å². The van der Waals surface area contributed by atoms with Gasteiger partial charge in [0, 0.05) is 24.7 Å². The van der Waals surface area contributed by atoms with Gasteiger partial charge in [-0.1, -0.05) is 18.2 Å². The number of hydrogen-bond donors (Lipinski definition) is 2. The lowest BCUT2D eigenvalue weighted by molar-refractivity contribution is 0.880. The average Bonchev–Trinajstić information content (AvgIpc) is 3.26. The Morgan fingerprint density at radius 1 is 1.11 bits per heavy atom.